The van der Waals surface area contributed by atoms with Gasteiger partial charge < -0.3 is 31.5 Å². The molecular weight excluding hydrogens is 644 g/mol. The Kier molecular flexibility index (Phi) is 25.3. The van der Waals surface area contributed by atoms with Crippen LogP contribution < -0.4 is 21.7 Å². The highest BCUT2D eigenvalue weighted by Crippen LogP contribution is 2.23. The predicted octanol–water partition coefficient (Wildman–Crippen LogP) is 6.67. The lowest BCUT2D eigenvalue weighted by molar-refractivity contribution is -0.141. The molecule has 1 rings (SSSR count). The van der Waals surface area contributed by atoms with E-state index in [0.29, 0.717) is 37.8 Å². The molecule has 1 unspecified atom stereocenters. The topological polar surface area (TPSA) is 160 Å². The SMILES string of the molecule is CC/C=C\C/C=C\C/C=C\C/C=C\C/C=C\C/C=C\CCC(=O)NCCCC[C@H](NC(=O)C1=C[C@@H](OC(C)CC)[C@H](NC(C)=O)[C@@H](N)C1)C(=O)O. The zero-order valence-electron chi connectivity index (χ0n) is 31.4. The molecule has 10 heteroatoms. The van der Waals surface area contributed by atoms with Crippen molar-refractivity contribution in [2.75, 3.05) is 6.54 Å². The van der Waals surface area contributed by atoms with Crippen LogP contribution in [-0.4, -0.2) is 65.7 Å². The van der Waals surface area contributed by atoms with E-state index < -0.39 is 36.1 Å². The molecule has 0 bridgehead atoms. The fraction of sp³-hybridized carbons (Fsp3) is 0.561. The van der Waals surface area contributed by atoms with Gasteiger partial charge >= 0.3 is 5.97 Å². The first-order valence-electron chi connectivity index (χ1n) is 18.7. The molecule has 10 nitrogen and oxygen atoms in total. The minimum absolute atomic E-state index is 0.0510. The van der Waals surface area contributed by atoms with Gasteiger partial charge in [-0.05, 0) is 90.0 Å². The van der Waals surface area contributed by atoms with Crippen LogP contribution >= 0.6 is 0 Å². The van der Waals surface area contributed by atoms with E-state index in [1.54, 1.807) is 6.08 Å². The second kappa shape index (κ2) is 28.7. The van der Waals surface area contributed by atoms with Gasteiger partial charge in [-0.2, -0.15) is 0 Å². The highest BCUT2D eigenvalue weighted by atomic mass is 16.5. The molecule has 0 aliphatic heterocycles. The number of aliphatic carboxylic acids is 1. The predicted molar refractivity (Wildman–Crippen MR) is 207 cm³/mol. The Morgan fingerprint density at radius 1 is 0.882 bits per heavy atom. The second-order valence-corrected chi connectivity index (χ2v) is 12.8. The van der Waals surface area contributed by atoms with Gasteiger partial charge in [0.05, 0.1) is 18.2 Å². The van der Waals surface area contributed by atoms with Crippen LogP contribution in [0.25, 0.3) is 0 Å². The lowest BCUT2D eigenvalue weighted by Gasteiger charge is -2.36. The standard InChI is InChI=1S/C41H64N4O6/c1-5-7-8-9-10-11-12-13-14-15-16-17-18-19-20-21-22-23-24-28-38(47)43-29-26-25-27-36(41(49)50)45-40(48)34-30-35(42)39(44-33(4)46)37(31-34)51-32(3)6-2/h7-8,10-11,13-14,16-17,19-20,22-23,31-32,35-37,39H,5-6,9,12,15,18,21,24-30,42H2,1-4H3,(H,43,47)(H,44,46)(H,45,48)(H,49,50)/b8-7-,11-10-,14-13-,17-16-,20-19-,23-22-/t32?,35-,36-,37+,39+/m0/s1. The van der Waals surface area contributed by atoms with Gasteiger partial charge in [-0.3, -0.25) is 14.4 Å². The summed E-state index contributed by atoms with van der Waals surface area (Å²) in [5.74, 6) is -1.95. The molecule has 0 saturated carbocycles. The Hall–Kier alpha value is -4.02. The minimum Gasteiger partial charge on any atom is -0.480 e. The summed E-state index contributed by atoms with van der Waals surface area (Å²) in [6, 6.07) is -2.15. The fourth-order valence-corrected chi connectivity index (χ4v) is 5.23. The van der Waals surface area contributed by atoms with Crippen molar-refractivity contribution in [3.8, 4) is 0 Å². The number of carbonyl (C=O) groups is 4. The summed E-state index contributed by atoms with van der Waals surface area (Å²) < 4.78 is 6.04. The van der Waals surface area contributed by atoms with Gasteiger partial charge in [-0.15, -0.1) is 0 Å². The van der Waals surface area contributed by atoms with Gasteiger partial charge in [0, 0.05) is 31.5 Å². The van der Waals surface area contributed by atoms with E-state index >= 15 is 0 Å². The molecule has 51 heavy (non-hydrogen) atoms. The lowest BCUT2D eigenvalue weighted by atomic mass is 9.87. The van der Waals surface area contributed by atoms with Crippen molar-refractivity contribution in [2.45, 2.75) is 141 Å². The molecule has 3 amide bonds. The van der Waals surface area contributed by atoms with Crippen LogP contribution in [0.2, 0.25) is 0 Å². The van der Waals surface area contributed by atoms with E-state index in [1.165, 1.54) is 6.92 Å². The van der Waals surface area contributed by atoms with E-state index in [0.717, 1.165) is 44.9 Å². The monoisotopic (exact) mass is 708 g/mol. The van der Waals surface area contributed by atoms with Crippen LogP contribution in [0.5, 0.6) is 0 Å². The molecular formula is C41H64N4O6. The Labute approximate surface area is 306 Å². The number of carboxylic acid groups (broad SMARTS) is 1. The number of nitrogens with two attached hydrogens (primary N) is 1. The van der Waals surface area contributed by atoms with Crippen molar-refractivity contribution in [1.82, 2.24) is 16.0 Å². The van der Waals surface area contributed by atoms with E-state index in [-0.39, 0.29) is 30.8 Å². The Bertz CT molecular complexity index is 1250. The third kappa shape index (κ3) is 22.4. The summed E-state index contributed by atoms with van der Waals surface area (Å²) in [6.07, 6.45) is 35.7. The smallest absolute Gasteiger partial charge is 0.326 e. The normalized spacial score (nSPS) is 19.4. The Morgan fingerprint density at radius 3 is 1.94 bits per heavy atom. The molecule has 1 aliphatic carbocycles. The van der Waals surface area contributed by atoms with Crippen molar-refractivity contribution in [1.29, 1.82) is 0 Å². The summed E-state index contributed by atoms with van der Waals surface area (Å²) in [5.41, 5.74) is 6.65. The number of hydrogen-bond acceptors (Lipinski definition) is 6. The van der Waals surface area contributed by atoms with E-state index in [2.05, 4.69) is 89.7 Å². The number of ether oxygens (including phenoxy) is 1. The molecule has 6 N–H and O–H groups in total. The van der Waals surface area contributed by atoms with E-state index in [9.17, 15) is 24.3 Å². The van der Waals surface area contributed by atoms with Crippen molar-refractivity contribution >= 4 is 23.7 Å². The number of nitrogens with one attached hydrogen (secondary N) is 3. The maximum absolute atomic E-state index is 13.1. The summed E-state index contributed by atoms with van der Waals surface area (Å²) in [5, 5.41) is 18.0. The molecule has 0 spiro atoms. The fourth-order valence-electron chi connectivity index (χ4n) is 5.23. The molecule has 1 aliphatic rings. The minimum atomic E-state index is -1.13. The van der Waals surface area contributed by atoms with Crippen LogP contribution in [0.4, 0.5) is 0 Å². The highest BCUT2D eigenvalue weighted by molar-refractivity contribution is 5.96. The Balaban J connectivity index is 2.29. The summed E-state index contributed by atoms with van der Waals surface area (Å²) in [7, 11) is 0. The van der Waals surface area contributed by atoms with Crippen LogP contribution in [-0.2, 0) is 23.9 Å². The molecule has 0 radical (unpaired) electrons. The van der Waals surface area contributed by atoms with Gasteiger partial charge in [0.15, 0.2) is 0 Å². The average Bonchev–Trinajstić information content (AvgIpc) is 3.09. The number of unbranched alkanes of at least 4 members (excludes halogenated alkanes) is 1. The van der Waals surface area contributed by atoms with Gasteiger partial charge in [0.1, 0.15) is 6.04 Å². The lowest BCUT2D eigenvalue weighted by Crippen LogP contribution is -2.57. The quantitative estimate of drug-likeness (QED) is 0.0496. The van der Waals surface area contributed by atoms with Crippen molar-refractivity contribution in [3.05, 3.63) is 84.6 Å². The first kappa shape index (κ1) is 45.0. The van der Waals surface area contributed by atoms with Gasteiger partial charge in [0.25, 0.3) is 0 Å². The highest BCUT2D eigenvalue weighted by Gasteiger charge is 2.36. The maximum Gasteiger partial charge on any atom is 0.326 e. The first-order chi connectivity index (χ1) is 24.6. The van der Waals surface area contributed by atoms with Crippen molar-refractivity contribution < 1.29 is 29.0 Å². The van der Waals surface area contributed by atoms with E-state index in [4.69, 9.17) is 10.5 Å². The largest absolute Gasteiger partial charge is 0.480 e. The van der Waals surface area contributed by atoms with Crippen LogP contribution in [0, 0.1) is 0 Å². The molecule has 0 aromatic carbocycles. The summed E-state index contributed by atoms with van der Waals surface area (Å²) >= 11 is 0. The Morgan fingerprint density at radius 2 is 1.43 bits per heavy atom. The maximum atomic E-state index is 13.1. The molecule has 0 saturated heterocycles. The molecule has 0 fully saturated rings. The number of carboxylic acids is 1. The van der Waals surface area contributed by atoms with Gasteiger partial charge in [-0.25, -0.2) is 4.79 Å². The number of rotatable bonds is 26. The molecule has 0 aromatic heterocycles. The number of carbonyl (C=O) groups excluding carboxylic acids is 3. The van der Waals surface area contributed by atoms with Gasteiger partial charge in [-0.1, -0.05) is 86.8 Å². The average molecular weight is 709 g/mol. The van der Waals surface area contributed by atoms with Gasteiger partial charge in [0.2, 0.25) is 17.7 Å². The second-order valence-electron chi connectivity index (χ2n) is 12.8. The van der Waals surface area contributed by atoms with E-state index in [1.807, 2.05) is 19.9 Å². The number of allylic oxidation sites excluding steroid dienone is 12. The first-order valence-corrected chi connectivity index (χ1v) is 18.7. The zero-order valence-corrected chi connectivity index (χ0v) is 31.4. The van der Waals surface area contributed by atoms with Crippen LogP contribution in [0.3, 0.4) is 0 Å². The molecule has 284 valence electrons. The van der Waals surface area contributed by atoms with Crippen LogP contribution in [0.1, 0.15) is 111 Å². The molecule has 0 heterocycles. The summed E-state index contributed by atoms with van der Waals surface area (Å²) in [6.45, 7) is 7.83. The zero-order chi connectivity index (χ0) is 37.7. The van der Waals surface area contributed by atoms with Crippen molar-refractivity contribution in [3.63, 3.8) is 0 Å². The van der Waals surface area contributed by atoms with Crippen LogP contribution in [0.15, 0.2) is 84.6 Å². The third-order valence-electron chi connectivity index (χ3n) is 8.24. The molecule has 0 aromatic rings. The number of hydrogen-bond donors (Lipinski definition) is 5. The molecule has 5 atom stereocenters. The number of amides is 3. The third-order valence-corrected chi connectivity index (χ3v) is 8.24. The van der Waals surface area contributed by atoms with Crippen molar-refractivity contribution in [2.24, 2.45) is 5.73 Å². The summed E-state index contributed by atoms with van der Waals surface area (Å²) in [4.78, 5) is 48.9.